The van der Waals surface area contributed by atoms with E-state index in [1.54, 1.807) is 24.0 Å². The van der Waals surface area contributed by atoms with E-state index in [2.05, 4.69) is 6.92 Å². The molecule has 0 saturated carbocycles. The van der Waals surface area contributed by atoms with Gasteiger partial charge in [0, 0.05) is 25.4 Å². The van der Waals surface area contributed by atoms with Crippen LogP contribution in [0.25, 0.3) is 16.9 Å². The third-order valence-corrected chi connectivity index (χ3v) is 4.89. The second kappa shape index (κ2) is 7.91. The molecule has 1 aromatic carbocycles. The van der Waals surface area contributed by atoms with Crippen molar-refractivity contribution in [2.45, 2.75) is 40.0 Å². The summed E-state index contributed by atoms with van der Waals surface area (Å²) in [5.41, 5.74) is 4.85. The zero-order valence-electron chi connectivity index (χ0n) is 16.4. The number of pyridine rings is 1. The Morgan fingerprint density at radius 2 is 2.00 bits per heavy atom. The van der Waals surface area contributed by atoms with Gasteiger partial charge in [0.25, 0.3) is 0 Å². The second-order valence-corrected chi connectivity index (χ2v) is 7.15. The summed E-state index contributed by atoms with van der Waals surface area (Å²) in [6.45, 7) is 6.61. The Morgan fingerprint density at radius 1 is 1.22 bits per heavy atom. The Labute approximate surface area is 159 Å². The van der Waals surface area contributed by atoms with Crippen LogP contribution in [0.2, 0.25) is 0 Å². The summed E-state index contributed by atoms with van der Waals surface area (Å²) in [6, 6.07) is 8.92. The molecular weight excluding hydrogens is 341 g/mol. The molecule has 2 heterocycles. The van der Waals surface area contributed by atoms with Crippen molar-refractivity contribution in [2.75, 3.05) is 13.6 Å². The van der Waals surface area contributed by atoms with Crippen molar-refractivity contribution in [3.63, 3.8) is 0 Å². The lowest BCUT2D eigenvalue weighted by molar-refractivity contribution is -0.129. The molecule has 1 amide bonds. The fourth-order valence-corrected chi connectivity index (χ4v) is 3.19. The second-order valence-electron chi connectivity index (χ2n) is 7.15. The number of aromatic nitrogens is 2. The number of amides is 1. The summed E-state index contributed by atoms with van der Waals surface area (Å²) in [5, 5.41) is 0. The van der Waals surface area contributed by atoms with Gasteiger partial charge in [-0.25, -0.2) is 9.37 Å². The molecule has 0 saturated heterocycles. The molecule has 0 atom stereocenters. The third-order valence-electron chi connectivity index (χ3n) is 4.89. The minimum absolute atomic E-state index is 0.0619. The van der Waals surface area contributed by atoms with E-state index >= 15 is 0 Å². The van der Waals surface area contributed by atoms with Crippen molar-refractivity contribution in [3.05, 3.63) is 59.2 Å². The number of nitrogens with zero attached hydrogens (tertiary/aromatic N) is 3. The minimum Gasteiger partial charge on any atom is -0.345 e. The standard InChI is InChI=1S/C22H26FN3O/c1-5-6-11-25(4)21(27)13-19-22(17-8-9-18(23)16(3)12-17)24-20-10-7-15(2)14-26(19)20/h7-10,12,14H,5-6,11,13H2,1-4H3. The van der Waals surface area contributed by atoms with E-state index in [1.165, 1.54) is 6.07 Å². The summed E-state index contributed by atoms with van der Waals surface area (Å²) >= 11 is 0. The number of aryl methyl sites for hydroxylation is 2. The van der Waals surface area contributed by atoms with Gasteiger partial charge in [0.1, 0.15) is 11.5 Å². The normalized spacial score (nSPS) is 11.1. The largest absolute Gasteiger partial charge is 0.345 e. The molecule has 3 aromatic rings. The van der Waals surface area contributed by atoms with Crippen molar-refractivity contribution >= 4 is 11.6 Å². The quantitative estimate of drug-likeness (QED) is 0.641. The van der Waals surface area contributed by atoms with Gasteiger partial charge in [0.15, 0.2) is 0 Å². The number of hydrogen-bond donors (Lipinski definition) is 0. The van der Waals surface area contributed by atoms with Gasteiger partial charge in [-0.3, -0.25) is 4.79 Å². The fraction of sp³-hybridized carbons (Fsp3) is 0.364. The molecule has 0 radical (unpaired) electrons. The first-order valence-corrected chi connectivity index (χ1v) is 9.38. The first-order valence-electron chi connectivity index (χ1n) is 9.38. The number of rotatable bonds is 6. The SMILES string of the molecule is CCCCN(C)C(=O)Cc1c(-c2ccc(F)c(C)c2)nc2ccc(C)cn12. The average Bonchev–Trinajstić information content (AvgIpc) is 2.99. The van der Waals surface area contributed by atoms with Crippen LogP contribution < -0.4 is 0 Å². The smallest absolute Gasteiger partial charge is 0.228 e. The zero-order chi connectivity index (χ0) is 19.6. The van der Waals surface area contributed by atoms with Gasteiger partial charge in [0.05, 0.1) is 17.8 Å². The van der Waals surface area contributed by atoms with E-state index in [9.17, 15) is 9.18 Å². The van der Waals surface area contributed by atoms with Crippen molar-refractivity contribution in [1.82, 2.24) is 14.3 Å². The van der Waals surface area contributed by atoms with Crippen LogP contribution in [0.5, 0.6) is 0 Å². The molecule has 3 rings (SSSR count). The number of carbonyl (C=O) groups is 1. The number of fused-ring (bicyclic) bond motifs is 1. The highest BCUT2D eigenvalue weighted by Crippen LogP contribution is 2.27. The molecule has 0 aliphatic rings. The molecule has 4 nitrogen and oxygen atoms in total. The molecule has 0 bridgehead atoms. The maximum absolute atomic E-state index is 13.7. The molecule has 0 fully saturated rings. The molecule has 0 spiro atoms. The number of hydrogen-bond acceptors (Lipinski definition) is 2. The molecule has 0 N–H and O–H groups in total. The van der Waals surface area contributed by atoms with E-state index in [1.807, 2.05) is 36.7 Å². The minimum atomic E-state index is -0.240. The molecule has 0 unspecified atom stereocenters. The van der Waals surface area contributed by atoms with Crippen LogP contribution in [0.4, 0.5) is 4.39 Å². The van der Waals surface area contributed by atoms with Crippen LogP contribution >= 0.6 is 0 Å². The molecule has 5 heteroatoms. The number of carbonyl (C=O) groups excluding carboxylic acids is 1. The number of unbranched alkanes of at least 4 members (excludes halogenated alkanes) is 1. The van der Waals surface area contributed by atoms with Crippen molar-refractivity contribution in [3.8, 4) is 11.3 Å². The van der Waals surface area contributed by atoms with Crippen molar-refractivity contribution in [2.24, 2.45) is 0 Å². The molecule has 0 aliphatic heterocycles. The molecule has 27 heavy (non-hydrogen) atoms. The van der Waals surface area contributed by atoms with Crippen molar-refractivity contribution in [1.29, 1.82) is 0 Å². The summed E-state index contributed by atoms with van der Waals surface area (Å²) < 4.78 is 15.7. The zero-order valence-corrected chi connectivity index (χ0v) is 16.4. The third kappa shape index (κ3) is 4.02. The Kier molecular flexibility index (Phi) is 5.59. The van der Waals surface area contributed by atoms with E-state index in [-0.39, 0.29) is 18.1 Å². The molecule has 0 aliphatic carbocycles. The topological polar surface area (TPSA) is 37.6 Å². The van der Waals surface area contributed by atoms with E-state index < -0.39 is 0 Å². The van der Waals surface area contributed by atoms with Gasteiger partial charge < -0.3 is 9.30 Å². The maximum Gasteiger partial charge on any atom is 0.228 e. The number of halogens is 1. The Balaban J connectivity index is 2.06. The monoisotopic (exact) mass is 367 g/mol. The highest BCUT2D eigenvalue weighted by Gasteiger charge is 2.19. The van der Waals surface area contributed by atoms with Gasteiger partial charge in [-0.1, -0.05) is 19.4 Å². The highest BCUT2D eigenvalue weighted by atomic mass is 19.1. The summed E-state index contributed by atoms with van der Waals surface area (Å²) in [5.74, 6) is -0.179. The van der Waals surface area contributed by atoms with Crippen LogP contribution in [0.15, 0.2) is 36.5 Å². The molecular formula is C22H26FN3O. The van der Waals surface area contributed by atoms with Gasteiger partial charge >= 0.3 is 0 Å². The number of likely N-dealkylation sites (N-methyl/N-ethyl adjacent to an activating group) is 1. The summed E-state index contributed by atoms with van der Waals surface area (Å²) in [6.07, 6.45) is 4.29. The van der Waals surface area contributed by atoms with Crippen molar-refractivity contribution < 1.29 is 9.18 Å². The lowest BCUT2D eigenvalue weighted by Crippen LogP contribution is -2.29. The predicted molar refractivity (Wildman–Crippen MR) is 106 cm³/mol. The van der Waals surface area contributed by atoms with Gasteiger partial charge in [0.2, 0.25) is 5.91 Å². The first kappa shape index (κ1) is 19.1. The molecule has 2 aromatic heterocycles. The Morgan fingerprint density at radius 3 is 2.70 bits per heavy atom. The van der Waals surface area contributed by atoms with Crippen LogP contribution in [0.3, 0.4) is 0 Å². The van der Waals surface area contributed by atoms with Gasteiger partial charge in [-0.2, -0.15) is 0 Å². The summed E-state index contributed by atoms with van der Waals surface area (Å²) in [4.78, 5) is 19.3. The average molecular weight is 367 g/mol. The van der Waals surface area contributed by atoms with Gasteiger partial charge in [-0.15, -0.1) is 0 Å². The van der Waals surface area contributed by atoms with Gasteiger partial charge in [-0.05, 0) is 55.7 Å². The fourth-order valence-electron chi connectivity index (χ4n) is 3.19. The summed E-state index contributed by atoms with van der Waals surface area (Å²) in [7, 11) is 1.84. The van der Waals surface area contributed by atoms with E-state index in [0.29, 0.717) is 5.56 Å². The van der Waals surface area contributed by atoms with Crippen LogP contribution in [0.1, 0.15) is 36.6 Å². The first-order chi connectivity index (χ1) is 12.9. The maximum atomic E-state index is 13.7. The van der Waals surface area contributed by atoms with E-state index in [0.717, 1.165) is 47.5 Å². The van der Waals surface area contributed by atoms with Crippen LogP contribution in [-0.4, -0.2) is 33.8 Å². The van der Waals surface area contributed by atoms with Crippen LogP contribution in [0, 0.1) is 19.7 Å². The van der Waals surface area contributed by atoms with Crippen LogP contribution in [-0.2, 0) is 11.2 Å². The molecule has 142 valence electrons. The lowest BCUT2D eigenvalue weighted by atomic mass is 10.1. The highest BCUT2D eigenvalue weighted by molar-refractivity contribution is 5.81. The Bertz CT molecular complexity index is 977. The number of imidazole rings is 1. The number of benzene rings is 1. The predicted octanol–water partition coefficient (Wildman–Crippen LogP) is 4.56. The van der Waals surface area contributed by atoms with E-state index in [4.69, 9.17) is 4.98 Å². The Hall–Kier alpha value is -2.69. The lowest BCUT2D eigenvalue weighted by Gasteiger charge is -2.17.